The van der Waals surface area contributed by atoms with E-state index in [1.807, 2.05) is 0 Å². The van der Waals surface area contributed by atoms with Gasteiger partial charge in [-0.15, -0.1) is 0 Å². The summed E-state index contributed by atoms with van der Waals surface area (Å²) in [6.07, 6.45) is 9.32. The van der Waals surface area contributed by atoms with Crippen molar-refractivity contribution in [1.82, 2.24) is 0 Å². The molecule has 23 heavy (non-hydrogen) atoms. The highest BCUT2D eigenvalue weighted by Crippen LogP contribution is 2.16. The van der Waals surface area contributed by atoms with E-state index < -0.39 is 23.6 Å². The Hall–Kier alpha value is -1.39. The number of rotatable bonds is 14. The first-order valence-corrected chi connectivity index (χ1v) is 8.95. The van der Waals surface area contributed by atoms with Crippen molar-refractivity contribution in [2.24, 2.45) is 5.92 Å². The van der Waals surface area contributed by atoms with Crippen molar-refractivity contribution in [2.45, 2.75) is 78.6 Å². The second-order valence-electron chi connectivity index (χ2n) is 5.65. The topological polar surface area (TPSA) is 69.7 Å². The van der Waals surface area contributed by atoms with E-state index in [-0.39, 0.29) is 13.2 Å². The molecule has 0 aliphatic rings. The van der Waals surface area contributed by atoms with Crippen molar-refractivity contribution in [1.29, 1.82) is 0 Å². The number of ketones is 1. The van der Waals surface area contributed by atoms with Gasteiger partial charge in [0.05, 0.1) is 13.2 Å². The van der Waals surface area contributed by atoms with Crippen molar-refractivity contribution in [3.63, 3.8) is 0 Å². The van der Waals surface area contributed by atoms with Gasteiger partial charge in [0.15, 0.2) is 0 Å². The lowest BCUT2D eigenvalue weighted by Crippen LogP contribution is -2.33. The summed E-state index contributed by atoms with van der Waals surface area (Å²) in [5.74, 6) is -3.36. The molecule has 0 aromatic carbocycles. The van der Waals surface area contributed by atoms with Crippen molar-refractivity contribution in [3.8, 4) is 0 Å². The molecule has 0 saturated heterocycles. The number of carbonyl (C=O) groups is 3. The minimum absolute atomic E-state index is 0.123. The first kappa shape index (κ1) is 21.6. The molecule has 5 heteroatoms. The SMILES string of the molecule is CCCCCCCCCC[C@@H](C(=O)OCC)C(=O)C(=O)OCC. The van der Waals surface area contributed by atoms with Crippen LogP contribution < -0.4 is 0 Å². The van der Waals surface area contributed by atoms with Gasteiger partial charge in [-0.05, 0) is 20.3 Å². The van der Waals surface area contributed by atoms with Gasteiger partial charge in [0.25, 0.3) is 5.78 Å². The summed E-state index contributed by atoms with van der Waals surface area (Å²) in [6, 6.07) is 0. The normalized spacial score (nSPS) is 11.8. The highest BCUT2D eigenvalue weighted by Gasteiger charge is 2.33. The first-order chi connectivity index (χ1) is 11.1. The molecule has 0 aromatic heterocycles. The van der Waals surface area contributed by atoms with Crippen LogP contribution in [0.4, 0.5) is 0 Å². The maximum absolute atomic E-state index is 12.0. The molecule has 0 bridgehead atoms. The zero-order chi connectivity index (χ0) is 17.5. The first-order valence-electron chi connectivity index (χ1n) is 8.95. The van der Waals surface area contributed by atoms with Gasteiger partial charge < -0.3 is 9.47 Å². The molecule has 0 N–H and O–H groups in total. The van der Waals surface area contributed by atoms with Gasteiger partial charge in [-0.2, -0.15) is 0 Å². The lowest BCUT2D eigenvalue weighted by atomic mass is 9.96. The molecule has 1 atom stereocenters. The summed E-state index contributed by atoms with van der Waals surface area (Å²) in [4.78, 5) is 35.4. The molecule has 0 spiro atoms. The second kappa shape index (κ2) is 14.2. The molecule has 0 unspecified atom stereocenters. The third-order valence-corrected chi connectivity index (χ3v) is 3.71. The molecule has 0 aliphatic carbocycles. The quantitative estimate of drug-likeness (QED) is 0.210. The Balaban J connectivity index is 4.20. The molecule has 0 radical (unpaired) electrons. The highest BCUT2D eigenvalue weighted by molar-refractivity contribution is 6.37. The summed E-state index contributed by atoms with van der Waals surface area (Å²) >= 11 is 0. The Morgan fingerprint density at radius 1 is 0.739 bits per heavy atom. The van der Waals surface area contributed by atoms with Crippen LogP contribution in [-0.2, 0) is 23.9 Å². The van der Waals surface area contributed by atoms with Crippen LogP contribution >= 0.6 is 0 Å². The summed E-state index contributed by atoms with van der Waals surface area (Å²) in [5.41, 5.74) is 0. The lowest BCUT2D eigenvalue weighted by Gasteiger charge is -2.13. The van der Waals surface area contributed by atoms with E-state index in [4.69, 9.17) is 9.47 Å². The number of hydrogen-bond donors (Lipinski definition) is 0. The number of hydrogen-bond acceptors (Lipinski definition) is 5. The predicted octanol–water partition coefficient (Wildman–Crippen LogP) is 3.83. The molecule has 0 aliphatic heterocycles. The van der Waals surface area contributed by atoms with Crippen LogP contribution in [0.2, 0.25) is 0 Å². The molecule has 0 amide bonds. The largest absolute Gasteiger partial charge is 0.465 e. The fourth-order valence-corrected chi connectivity index (χ4v) is 2.43. The molecule has 134 valence electrons. The average molecular weight is 328 g/mol. The molecule has 0 rings (SSSR count). The number of ether oxygens (including phenoxy) is 2. The number of Topliss-reactive ketones (excluding diaryl/α,β-unsaturated/α-hetero) is 1. The fraction of sp³-hybridized carbons (Fsp3) is 0.833. The van der Waals surface area contributed by atoms with Gasteiger partial charge in [0.1, 0.15) is 5.92 Å². The fourth-order valence-electron chi connectivity index (χ4n) is 2.43. The molecular weight excluding hydrogens is 296 g/mol. The minimum Gasteiger partial charge on any atom is -0.465 e. The monoisotopic (exact) mass is 328 g/mol. The van der Waals surface area contributed by atoms with E-state index in [0.29, 0.717) is 6.42 Å². The second-order valence-corrected chi connectivity index (χ2v) is 5.65. The van der Waals surface area contributed by atoms with E-state index in [2.05, 4.69) is 6.92 Å². The number of unbranched alkanes of at least 4 members (excludes halogenated alkanes) is 7. The van der Waals surface area contributed by atoms with Gasteiger partial charge in [-0.25, -0.2) is 4.79 Å². The van der Waals surface area contributed by atoms with E-state index in [9.17, 15) is 14.4 Å². The summed E-state index contributed by atoms with van der Waals surface area (Å²) in [5, 5.41) is 0. The molecule has 0 aromatic rings. The van der Waals surface area contributed by atoms with E-state index >= 15 is 0 Å². The Morgan fingerprint density at radius 2 is 1.26 bits per heavy atom. The van der Waals surface area contributed by atoms with Crippen LogP contribution in [0.5, 0.6) is 0 Å². The smallest absolute Gasteiger partial charge is 0.375 e. The Bertz CT molecular complexity index is 351. The van der Waals surface area contributed by atoms with E-state index in [0.717, 1.165) is 19.3 Å². The van der Waals surface area contributed by atoms with Crippen LogP contribution in [0.3, 0.4) is 0 Å². The van der Waals surface area contributed by atoms with E-state index in [1.54, 1.807) is 13.8 Å². The average Bonchev–Trinajstić information content (AvgIpc) is 2.53. The summed E-state index contributed by atoms with van der Waals surface area (Å²) in [6.45, 7) is 5.82. The number of carbonyl (C=O) groups excluding carboxylic acids is 3. The van der Waals surface area contributed by atoms with Crippen LogP contribution in [0.25, 0.3) is 0 Å². The molecular formula is C18H32O5. The van der Waals surface area contributed by atoms with Gasteiger partial charge in [-0.1, -0.05) is 58.3 Å². The molecule has 0 fully saturated rings. The highest BCUT2D eigenvalue weighted by atomic mass is 16.5. The number of esters is 2. The molecule has 0 saturated carbocycles. The zero-order valence-corrected chi connectivity index (χ0v) is 14.9. The standard InChI is InChI=1S/C18H32O5/c1-4-7-8-9-10-11-12-13-14-15(17(20)22-5-2)16(19)18(21)23-6-3/h15H,4-14H2,1-3H3/t15-/m1/s1. The van der Waals surface area contributed by atoms with Crippen LogP contribution in [0.1, 0.15) is 78.6 Å². The van der Waals surface area contributed by atoms with Crippen LogP contribution in [0, 0.1) is 5.92 Å². The summed E-state index contributed by atoms with van der Waals surface area (Å²) < 4.78 is 9.61. The maximum Gasteiger partial charge on any atom is 0.375 e. The third-order valence-electron chi connectivity index (χ3n) is 3.71. The van der Waals surface area contributed by atoms with Gasteiger partial charge >= 0.3 is 11.9 Å². The van der Waals surface area contributed by atoms with Gasteiger partial charge in [0, 0.05) is 0 Å². The van der Waals surface area contributed by atoms with Crippen LogP contribution in [0.15, 0.2) is 0 Å². The van der Waals surface area contributed by atoms with E-state index in [1.165, 1.54) is 32.1 Å². The molecule has 0 heterocycles. The Kier molecular flexibility index (Phi) is 13.4. The Morgan fingerprint density at radius 3 is 1.78 bits per heavy atom. The zero-order valence-electron chi connectivity index (χ0n) is 14.9. The van der Waals surface area contributed by atoms with Crippen molar-refractivity contribution in [2.75, 3.05) is 13.2 Å². The Labute approximate surface area is 140 Å². The van der Waals surface area contributed by atoms with Crippen molar-refractivity contribution < 1.29 is 23.9 Å². The lowest BCUT2D eigenvalue weighted by molar-refractivity contribution is -0.162. The maximum atomic E-state index is 12.0. The summed E-state index contributed by atoms with van der Waals surface area (Å²) in [7, 11) is 0. The minimum atomic E-state index is -1.02. The molecule has 5 nitrogen and oxygen atoms in total. The predicted molar refractivity (Wildman–Crippen MR) is 89.0 cm³/mol. The van der Waals surface area contributed by atoms with Crippen LogP contribution in [-0.4, -0.2) is 30.9 Å². The third kappa shape index (κ3) is 10.1. The van der Waals surface area contributed by atoms with Gasteiger partial charge in [0.2, 0.25) is 0 Å². The van der Waals surface area contributed by atoms with Crippen molar-refractivity contribution >= 4 is 17.7 Å². The van der Waals surface area contributed by atoms with Crippen molar-refractivity contribution in [3.05, 3.63) is 0 Å². The van der Waals surface area contributed by atoms with Gasteiger partial charge in [-0.3, -0.25) is 9.59 Å².